The van der Waals surface area contributed by atoms with Crippen LogP contribution in [0.25, 0.3) is 0 Å². The number of ketones is 1. The van der Waals surface area contributed by atoms with Gasteiger partial charge in [-0.3, -0.25) is 14.4 Å². The molecule has 1 N–H and O–H groups in total. The predicted molar refractivity (Wildman–Crippen MR) is 113 cm³/mol. The van der Waals surface area contributed by atoms with Crippen molar-refractivity contribution in [1.29, 1.82) is 0 Å². The fraction of sp³-hybridized carbons (Fsp3) is 0.136. The Morgan fingerprint density at radius 2 is 1.70 bits per heavy atom. The summed E-state index contributed by atoms with van der Waals surface area (Å²) in [6.45, 7) is 0.772. The minimum Gasteiger partial charge on any atom is -0.503 e. The minimum atomic E-state index is -0.773. The summed E-state index contributed by atoms with van der Waals surface area (Å²) in [6, 6.07) is 14.6. The van der Waals surface area contributed by atoms with Crippen LogP contribution in [-0.2, 0) is 13.1 Å². The van der Waals surface area contributed by atoms with E-state index >= 15 is 0 Å². The lowest BCUT2D eigenvalue weighted by molar-refractivity contribution is 0.0681. The van der Waals surface area contributed by atoms with Crippen LogP contribution in [0.5, 0.6) is 5.75 Å². The zero-order valence-electron chi connectivity index (χ0n) is 15.6. The molecule has 2 heterocycles. The highest BCUT2D eigenvalue weighted by molar-refractivity contribution is 6.42. The monoisotopic (exact) mass is 442 g/mol. The van der Waals surface area contributed by atoms with E-state index in [-0.39, 0.29) is 30.3 Å². The van der Waals surface area contributed by atoms with Crippen molar-refractivity contribution in [2.45, 2.75) is 13.1 Å². The SMILES string of the molecule is O=C(c1ccccc1)c1cc(=O)c(O)c2n1CCN(Cc1ccc(Cl)c(Cl)c1)C2=O. The van der Waals surface area contributed by atoms with Crippen LogP contribution in [0, 0.1) is 0 Å². The van der Waals surface area contributed by atoms with E-state index < -0.39 is 17.1 Å². The topological polar surface area (TPSA) is 79.6 Å². The number of hydrogen-bond donors (Lipinski definition) is 1. The minimum absolute atomic E-state index is 0.0709. The first-order valence-electron chi connectivity index (χ1n) is 9.16. The van der Waals surface area contributed by atoms with Crippen molar-refractivity contribution in [3.8, 4) is 5.75 Å². The van der Waals surface area contributed by atoms with Gasteiger partial charge >= 0.3 is 0 Å². The first kappa shape index (κ1) is 20.2. The van der Waals surface area contributed by atoms with Gasteiger partial charge in [-0.25, -0.2) is 0 Å². The Kier molecular flexibility index (Phi) is 5.37. The fourth-order valence-electron chi connectivity index (χ4n) is 3.49. The first-order valence-corrected chi connectivity index (χ1v) is 9.92. The van der Waals surface area contributed by atoms with Gasteiger partial charge in [0, 0.05) is 31.3 Å². The van der Waals surface area contributed by atoms with Gasteiger partial charge in [0.05, 0.1) is 15.7 Å². The lowest BCUT2D eigenvalue weighted by Gasteiger charge is -2.31. The van der Waals surface area contributed by atoms with E-state index in [0.717, 1.165) is 11.6 Å². The van der Waals surface area contributed by atoms with Gasteiger partial charge < -0.3 is 14.6 Å². The van der Waals surface area contributed by atoms with Crippen molar-refractivity contribution in [2.75, 3.05) is 6.54 Å². The Labute approximate surface area is 181 Å². The maximum absolute atomic E-state index is 13.1. The number of hydrogen-bond acceptors (Lipinski definition) is 4. The molecule has 1 aromatic heterocycles. The molecule has 0 unspecified atom stereocenters. The molecule has 6 nitrogen and oxygen atoms in total. The lowest BCUT2D eigenvalue weighted by Crippen LogP contribution is -2.42. The second-order valence-corrected chi connectivity index (χ2v) is 7.73. The number of benzene rings is 2. The summed E-state index contributed by atoms with van der Waals surface area (Å²) in [4.78, 5) is 39.8. The maximum atomic E-state index is 13.1. The van der Waals surface area contributed by atoms with Gasteiger partial charge in [-0.05, 0) is 17.7 Å². The molecule has 152 valence electrons. The van der Waals surface area contributed by atoms with E-state index in [9.17, 15) is 19.5 Å². The summed E-state index contributed by atoms with van der Waals surface area (Å²) in [5.41, 5.74) is 0.257. The van der Waals surface area contributed by atoms with Gasteiger partial charge in [0.1, 0.15) is 0 Å². The predicted octanol–water partition coefficient (Wildman–Crippen LogP) is 3.75. The Hall–Kier alpha value is -3.09. The Morgan fingerprint density at radius 3 is 2.40 bits per heavy atom. The third-order valence-electron chi connectivity index (χ3n) is 5.00. The summed E-state index contributed by atoms with van der Waals surface area (Å²) >= 11 is 12.0. The molecule has 1 aliphatic rings. The normalized spacial score (nSPS) is 13.3. The van der Waals surface area contributed by atoms with Crippen LogP contribution in [0.3, 0.4) is 0 Å². The van der Waals surface area contributed by atoms with Gasteiger partial charge in [0.2, 0.25) is 11.2 Å². The van der Waals surface area contributed by atoms with E-state index in [0.29, 0.717) is 22.2 Å². The van der Waals surface area contributed by atoms with Crippen LogP contribution >= 0.6 is 23.2 Å². The number of nitrogens with zero attached hydrogens (tertiary/aromatic N) is 2. The van der Waals surface area contributed by atoms with E-state index in [1.807, 2.05) is 0 Å². The number of amides is 1. The quantitative estimate of drug-likeness (QED) is 0.623. The van der Waals surface area contributed by atoms with E-state index in [1.54, 1.807) is 48.5 Å². The standard InChI is InChI=1S/C22H16Cl2N2O4/c23-15-7-6-13(10-16(15)24)12-25-8-9-26-17(20(28)14-4-2-1-3-5-14)11-18(27)21(29)19(26)22(25)30/h1-7,10-11,29H,8-9,12H2. The number of halogens is 2. The fourth-order valence-corrected chi connectivity index (χ4v) is 3.81. The van der Waals surface area contributed by atoms with Gasteiger partial charge in [0.15, 0.2) is 11.4 Å². The Bertz CT molecular complexity index is 1220. The van der Waals surface area contributed by atoms with Gasteiger partial charge in [0.25, 0.3) is 5.91 Å². The molecule has 0 radical (unpaired) electrons. The third kappa shape index (κ3) is 3.60. The number of carbonyl (C=O) groups excluding carboxylic acids is 2. The molecule has 3 aromatic rings. The molecule has 0 aliphatic carbocycles. The molecule has 1 aliphatic heterocycles. The molecule has 2 aromatic carbocycles. The van der Waals surface area contributed by atoms with Crippen LogP contribution in [-0.4, -0.2) is 32.8 Å². The molecule has 0 saturated carbocycles. The van der Waals surface area contributed by atoms with Crippen molar-refractivity contribution < 1.29 is 14.7 Å². The van der Waals surface area contributed by atoms with E-state index in [4.69, 9.17) is 23.2 Å². The van der Waals surface area contributed by atoms with Gasteiger partial charge in [-0.2, -0.15) is 0 Å². The van der Waals surface area contributed by atoms with Crippen molar-refractivity contribution in [3.05, 3.63) is 97.4 Å². The molecular weight excluding hydrogens is 427 g/mol. The third-order valence-corrected chi connectivity index (χ3v) is 5.73. The molecule has 8 heteroatoms. The Balaban J connectivity index is 1.73. The summed E-state index contributed by atoms with van der Waals surface area (Å²) in [5.74, 6) is -1.59. The molecule has 0 fully saturated rings. The molecule has 30 heavy (non-hydrogen) atoms. The summed E-state index contributed by atoms with van der Waals surface area (Å²) in [7, 11) is 0. The molecule has 0 bridgehead atoms. The first-order chi connectivity index (χ1) is 14.4. The van der Waals surface area contributed by atoms with Crippen LogP contribution in [0.2, 0.25) is 10.0 Å². The lowest BCUT2D eigenvalue weighted by atomic mass is 10.0. The highest BCUT2D eigenvalue weighted by atomic mass is 35.5. The average molecular weight is 443 g/mol. The number of aromatic nitrogens is 1. The number of pyridine rings is 1. The molecule has 1 amide bonds. The van der Waals surface area contributed by atoms with Crippen LogP contribution < -0.4 is 5.43 Å². The molecule has 0 saturated heterocycles. The van der Waals surface area contributed by atoms with Crippen molar-refractivity contribution in [2.24, 2.45) is 0 Å². The average Bonchev–Trinajstić information content (AvgIpc) is 2.75. The van der Waals surface area contributed by atoms with E-state index in [2.05, 4.69) is 0 Å². The summed E-state index contributed by atoms with van der Waals surface area (Å²) < 4.78 is 1.42. The number of fused-ring (bicyclic) bond motifs is 1. The Morgan fingerprint density at radius 1 is 0.967 bits per heavy atom. The van der Waals surface area contributed by atoms with Crippen LogP contribution in [0.4, 0.5) is 0 Å². The molecule has 0 spiro atoms. The molecular formula is C22H16Cl2N2O4. The molecule has 4 rings (SSSR count). The van der Waals surface area contributed by atoms with Gasteiger partial charge in [-0.1, -0.05) is 59.6 Å². The van der Waals surface area contributed by atoms with Crippen molar-refractivity contribution >= 4 is 34.9 Å². The maximum Gasteiger partial charge on any atom is 0.274 e. The van der Waals surface area contributed by atoms with E-state index in [1.165, 1.54) is 9.47 Å². The summed E-state index contributed by atoms with van der Waals surface area (Å²) in [5, 5.41) is 11.1. The smallest absolute Gasteiger partial charge is 0.274 e. The van der Waals surface area contributed by atoms with Crippen molar-refractivity contribution in [3.63, 3.8) is 0 Å². The zero-order valence-corrected chi connectivity index (χ0v) is 17.2. The second-order valence-electron chi connectivity index (χ2n) is 6.91. The zero-order chi connectivity index (χ0) is 21.4. The number of aromatic hydroxyl groups is 1. The molecule has 0 atom stereocenters. The van der Waals surface area contributed by atoms with Crippen molar-refractivity contribution in [1.82, 2.24) is 9.47 Å². The second kappa shape index (κ2) is 7.97. The van der Waals surface area contributed by atoms with Crippen LogP contribution in [0.15, 0.2) is 59.4 Å². The highest BCUT2D eigenvalue weighted by Gasteiger charge is 2.31. The largest absolute Gasteiger partial charge is 0.503 e. The van der Waals surface area contributed by atoms with Crippen LogP contribution in [0.1, 0.15) is 32.1 Å². The summed E-state index contributed by atoms with van der Waals surface area (Å²) in [6.07, 6.45) is 0. The van der Waals surface area contributed by atoms with Gasteiger partial charge in [-0.15, -0.1) is 0 Å². The number of carbonyl (C=O) groups is 2. The highest BCUT2D eigenvalue weighted by Crippen LogP contribution is 2.26. The number of rotatable bonds is 4.